The molecule has 1 fully saturated rings. The number of hydrogen-bond donors (Lipinski definition) is 1. The third kappa shape index (κ3) is 2.18. The van der Waals surface area contributed by atoms with Crippen LogP contribution in [0.1, 0.15) is 12.0 Å². The van der Waals surface area contributed by atoms with Crippen LogP contribution in [0.2, 0.25) is 0 Å². The van der Waals surface area contributed by atoms with E-state index in [-0.39, 0.29) is 17.3 Å². The number of amides is 1. The standard InChI is InChI=1S/C10H11BrN2O2/c11-8-3-10(15)13(5-8)9-2-1-7(6-14)4-12-9/h1-2,4,8,14H,3,5-6H2. The molecule has 2 heterocycles. The molecule has 0 aliphatic carbocycles. The number of aliphatic hydroxyl groups is 1. The second-order valence-electron chi connectivity index (χ2n) is 3.49. The molecule has 1 saturated heterocycles. The third-order valence-corrected chi connectivity index (χ3v) is 2.96. The number of pyridine rings is 1. The zero-order chi connectivity index (χ0) is 10.8. The van der Waals surface area contributed by atoms with Crippen molar-refractivity contribution in [1.29, 1.82) is 0 Å². The molecule has 1 aliphatic rings. The molecular formula is C10H11BrN2O2. The number of aromatic nitrogens is 1. The maximum atomic E-state index is 11.5. The van der Waals surface area contributed by atoms with E-state index < -0.39 is 0 Å². The fourth-order valence-corrected chi connectivity index (χ4v) is 2.12. The summed E-state index contributed by atoms with van der Waals surface area (Å²) in [7, 11) is 0. The van der Waals surface area contributed by atoms with Gasteiger partial charge in [-0.25, -0.2) is 4.98 Å². The van der Waals surface area contributed by atoms with Gasteiger partial charge in [0.15, 0.2) is 0 Å². The second kappa shape index (κ2) is 4.28. The van der Waals surface area contributed by atoms with E-state index in [1.165, 1.54) is 0 Å². The number of aliphatic hydroxyl groups excluding tert-OH is 1. The van der Waals surface area contributed by atoms with Gasteiger partial charge in [0, 0.05) is 24.0 Å². The van der Waals surface area contributed by atoms with Crippen LogP contribution < -0.4 is 4.90 Å². The molecule has 0 saturated carbocycles. The van der Waals surface area contributed by atoms with Gasteiger partial charge in [-0.3, -0.25) is 9.69 Å². The molecule has 0 radical (unpaired) electrons. The van der Waals surface area contributed by atoms with Gasteiger partial charge in [-0.2, -0.15) is 0 Å². The van der Waals surface area contributed by atoms with Crippen molar-refractivity contribution < 1.29 is 9.90 Å². The lowest BCUT2D eigenvalue weighted by molar-refractivity contribution is -0.117. The molecule has 2 rings (SSSR count). The summed E-state index contributed by atoms with van der Waals surface area (Å²) >= 11 is 3.41. The molecule has 80 valence electrons. The van der Waals surface area contributed by atoms with Gasteiger partial charge in [0.25, 0.3) is 0 Å². The minimum atomic E-state index is -0.0255. The summed E-state index contributed by atoms with van der Waals surface area (Å²) < 4.78 is 0. The summed E-state index contributed by atoms with van der Waals surface area (Å²) in [5, 5.41) is 8.86. The van der Waals surface area contributed by atoms with Crippen molar-refractivity contribution in [1.82, 2.24) is 4.98 Å². The zero-order valence-electron chi connectivity index (χ0n) is 8.06. The highest BCUT2D eigenvalue weighted by Crippen LogP contribution is 2.23. The monoisotopic (exact) mass is 270 g/mol. The third-order valence-electron chi connectivity index (χ3n) is 2.35. The highest BCUT2D eigenvalue weighted by Gasteiger charge is 2.29. The summed E-state index contributed by atoms with van der Waals surface area (Å²) in [5.74, 6) is 0.736. The Balaban J connectivity index is 2.19. The Morgan fingerprint density at radius 2 is 2.40 bits per heavy atom. The number of halogens is 1. The van der Waals surface area contributed by atoms with E-state index in [2.05, 4.69) is 20.9 Å². The molecule has 1 unspecified atom stereocenters. The van der Waals surface area contributed by atoms with Gasteiger partial charge in [0.05, 0.1) is 6.61 Å². The first-order chi connectivity index (χ1) is 7.20. The molecule has 0 aromatic carbocycles. The minimum absolute atomic E-state index is 0.0255. The Labute approximate surface area is 96.1 Å². The molecule has 1 amide bonds. The van der Waals surface area contributed by atoms with Crippen molar-refractivity contribution in [3.63, 3.8) is 0 Å². The molecule has 4 nitrogen and oxygen atoms in total. The number of anilines is 1. The minimum Gasteiger partial charge on any atom is -0.392 e. The molecule has 1 atom stereocenters. The van der Waals surface area contributed by atoms with Gasteiger partial charge in [-0.1, -0.05) is 22.0 Å². The van der Waals surface area contributed by atoms with Gasteiger partial charge in [-0.15, -0.1) is 0 Å². The number of carbonyl (C=O) groups excluding carboxylic acids is 1. The van der Waals surface area contributed by atoms with Crippen LogP contribution in [0.3, 0.4) is 0 Å². The number of carbonyl (C=O) groups is 1. The molecule has 15 heavy (non-hydrogen) atoms. The lowest BCUT2D eigenvalue weighted by atomic mass is 10.3. The van der Waals surface area contributed by atoms with Gasteiger partial charge in [-0.05, 0) is 11.6 Å². The normalized spacial score (nSPS) is 21.1. The molecule has 0 bridgehead atoms. The highest BCUT2D eigenvalue weighted by molar-refractivity contribution is 9.09. The SMILES string of the molecule is O=C1CC(Br)CN1c1ccc(CO)cn1. The smallest absolute Gasteiger partial charge is 0.229 e. The first kappa shape index (κ1) is 10.6. The van der Waals surface area contributed by atoms with Crippen LogP contribution in [0, 0.1) is 0 Å². The van der Waals surface area contributed by atoms with Gasteiger partial charge < -0.3 is 5.11 Å². The van der Waals surface area contributed by atoms with E-state index in [4.69, 9.17) is 5.11 Å². The van der Waals surface area contributed by atoms with Crippen molar-refractivity contribution in [2.45, 2.75) is 17.9 Å². The van der Waals surface area contributed by atoms with Gasteiger partial charge in [0.2, 0.25) is 5.91 Å². The van der Waals surface area contributed by atoms with Crippen molar-refractivity contribution in [2.24, 2.45) is 0 Å². The summed E-state index contributed by atoms with van der Waals surface area (Å²) in [6.07, 6.45) is 2.10. The topological polar surface area (TPSA) is 53.4 Å². The van der Waals surface area contributed by atoms with Crippen LogP contribution in [0.4, 0.5) is 5.82 Å². The van der Waals surface area contributed by atoms with Crippen LogP contribution >= 0.6 is 15.9 Å². The molecule has 1 aliphatic heterocycles. The van der Waals surface area contributed by atoms with Crippen LogP contribution in [0.5, 0.6) is 0 Å². The highest BCUT2D eigenvalue weighted by atomic mass is 79.9. The fourth-order valence-electron chi connectivity index (χ4n) is 1.56. The summed E-state index contributed by atoms with van der Waals surface area (Å²) in [6.45, 7) is 0.632. The van der Waals surface area contributed by atoms with E-state index in [1.54, 1.807) is 23.2 Å². The molecule has 0 spiro atoms. The Morgan fingerprint density at radius 3 is 2.87 bits per heavy atom. The van der Waals surface area contributed by atoms with Crippen molar-refractivity contribution in [3.8, 4) is 0 Å². The quantitative estimate of drug-likeness (QED) is 0.819. The fraction of sp³-hybridized carbons (Fsp3) is 0.400. The van der Waals surface area contributed by atoms with Crippen molar-refractivity contribution in [2.75, 3.05) is 11.4 Å². The Morgan fingerprint density at radius 1 is 1.60 bits per heavy atom. The second-order valence-corrected chi connectivity index (χ2v) is 4.78. The van der Waals surface area contributed by atoms with E-state index in [9.17, 15) is 4.79 Å². The van der Waals surface area contributed by atoms with E-state index in [1.807, 2.05) is 0 Å². The first-order valence-corrected chi connectivity index (χ1v) is 5.62. The van der Waals surface area contributed by atoms with Gasteiger partial charge >= 0.3 is 0 Å². The average molecular weight is 271 g/mol. The first-order valence-electron chi connectivity index (χ1n) is 4.71. The lowest BCUT2D eigenvalue weighted by Gasteiger charge is -2.14. The van der Waals surface area contributed by atoms with Crippen LogP contribution in [-0.4, -0.2) is 27.4 Å². The summed E-state index contributed by atoms with van der Waals surface area (Å²) in [5.41, 5.74) is 0.751. The summed E-state index contributed by atoms with van der Waals surface area (Å²) in [4.78, 5) is 17.6. The molecule has 1 aromatic rings. The Kier molecular flexibility index (Phi) is 3.02. The van der Waals surface area contributed by atoms with E-state index >= 15 is 0 Å². The van der Waals surface area contributed by atoms with E-state index in [0.29, 0.717) is 18.8 Å². The zero-order valence-corrected chi connectivity index (χ0v) is 9.64. The Hall–Kier alpha value is -0.940. The molecule has 5 heteroatoms. The molecule has 1 N–H and O–H groups in total. The number of alkyl halides is 1. The predicted molar refractivity (Wildman–Crippen MR) is 59.8 cm³/mol. The van der Waals surface area contributed by atoms with Gasteiger partial charge in [0.1, 0.15) is 5.82 Å². The van der Waals surface area contributed by atoms with Crippen LogP contribution in [0.15, 0.2) is 18.3 Å². The van der Waals surface area contributed by atoms with E-state index in [0.717, 1.165) is 5.56 Å². The maximum Gasteiger partial charge on any atom is 0.229 e. The lowest BCUT2D eigenvalue weighted by Crippen LogP contribution is -2.25. The van der Waals surface area contributed by atoms with Crippen molar-refractivity contribution in [3.05, 3.63) is 23.9 Å². The Bertz CT molecular complexity index is 366. The largest absolute Gasteiger partial charge is 0.392 e. The number of hydrogen-bond acceptors (Lipinski definition) is 3. The number of rotatable bonds is 2. The average Bonchev–Trinajstić information content (AvgIpc) is 2.58. The van der Waals surface area contributed by atoms with Crippen molar-refractivity contribution >= 4 is 27.7 Å². The summed E-state index contributed by atoms with van der Waals surface area (Å²) in [6, 6.07) is 3.53. The predicted octanol–water partition coefficient (Wildman–Crippen LogP) is 1.07. The maximum absolute atomic E-state index is 11.5. The number of nitrogens with zero attached hydrogens (tertiary/aromatic N) is 2. The molecular weight excluding hydrogens is 260 g/mol. The van der Waals surface area contributed by atoms with Crippen LogP contribution in [0.25, 0.3) is 0 Å². The molecule has 1 aromatic heterocycles. The van der Waals surface area contributed by atoms with Crippen LogP contribution in [-0.2, 0) is 11.4 Å².